The van der Waals surface area contributed by atoms with E-state index in [1.54, 1.807) is 0 Å². The van der Waals surface area contributed by atoms with E-state index in [0.717, 1.165) is 18.2 Å². The van der Waals surface area contributed by atoms with E-state index in [0.29, 0.717) is 0 Å². The number of Topliss-reactive ketones (excluding diaryl/α,β-unsaturated/α-hetero) is 1. The Bertz CT molecular complexity index is 666. The lowest BCUT2D eigenvalue weighted by Gasteiger charge is -2.06. The van der Waals surface area contributed by atoms with E-state index in [-0.39, 0.29) is 11.4 Å². The molecule has 0 atom stereocenters. The number of benzene rings is 2. The zero-order chi connectivity index (χ0) is 15.4. The normalized spacial score (nSPS) is 10.2. The molecule has 0 aromatic heterocycles. The summed E-state index contributed by atoms with van der Waals surface area (Å²) in [6, 6.07) is 8.09. The molecule has 5 nitrogen and oxygen atoms in total. The van der Waals surface area contributed by atoms with Crippen LogP contribution in [0.25, 0.3) is 0 Å². The van der Waals surface area contributed by atoms with Crippen LogP contribution in [-0.4, -0.2) is 17.3 Å². The van der Waals surface area contributed by atoms with Crippen LogP contribution in [0.5, 0.6) is 5.75 Å². The Morgan fingerprint density at radius 2 is 1.67 bits per heavy atom. The minimum absolute atomic E-state index is 0.131. The number of hydrogen-bond donors (Lipinski definition) is 0. The number of nitro benzene ring substituents is 1. The first-order chi connectivity index (χ1) is 9.99. The van der Waals surface area contributed by atoms with E-state index in [2.05, 4.69) is 0 Å². The van der Waals surface area contributed by atoms with Gasteiger partial charge in [0.05, 0.1) is 10.5 Å². The quantitative estimate of drug-likeness (QED) is 0.482. The van der Waals surface area contributed by atoms with Crippen molar-refractivity contribution in [2.45, 2.75) is 0 Å². The van der Waals surface area contributed by atoms with Crippen LogP contribution < -0.4 is 4.74 Å². The fourth-order valence-corrected chi connectivity index (χ4v) is 1.65. The molecule has 0 aliphatic carbocycles. The maximum Gasteiger partial charge on any atom is 0.269 e. The Balaban J connectivity index is 2.06. The van der Waals surface area contributed by atoms with Crippen LogP contribution >= 0.6 is 0 Å². The van der Waals surface area contributed by atoms with Gasteiger partial charge in [-0.15, -0.1) is 0 Å². The van der Waals surface area contributed by atoms with Gasteiger partial charge < -0.3 is 4.74 Å². The van der Waals surface area contributed by atoms with Crippen molar-refractivity contribution < 1.29 is 23.2 Å². The SMILES string of the molecule is O=C(COc1ccc([N+](=O)[O-])cc1)c1c(F)cccc1F. The molecule has 0 saturated carbocycles. The Labute approximate surface area is 117 Å². The fourth-order valence-electron chi connectivity index (χ4n) is 1.65. The number of halogens is 2. The zero-order valence-electron chi connectivity index (χ0n) is 10.6. The van der Waals surface area contributed by atoms with Gasteiger partial charge in [-0.3, -0.25) is 14.9 Å². The number of rotatable bonds is 5. The molecule has 0 radical (unpaired) electrons. The highest BCUT2D eigenvalue weighted by atomic mass is 19.1. The summed E-state index contributed by atoms with van der Waals surface area (Å²) in [4.78, 5) is 21.6. The Kier molecular flexibility index (Phi) is 4.22. The Morgan fingerprint density at radius 1 is 1.10 bits per heavy atom. The van der Waals surface area contributed by atoms with Crippen LogP contribution in [-0.2, 0) is 0 Å². The molecular formula is C14H9F2NO4. The monoisotopic (exact) mass is 293 g/mol. The molecule has 0 unspecified atom stereocenters. The summed E-state index contributed by atoms with van der Waals surface area (Å²) in [5.74, 6) is -2.60. The Morgan fingerprint density at radius 3 is 2.19 bits per heavy atom. The summed E-state index contributed by atoms with van der Waals surface area (Å²) in [5, 5.41) is 10.5. The molecule has 0 N–H and O–H groups in total. The van der Waals surface area contributed by atoms with E-state index in [1.807, 2.05) is 0 Å². The van der Waals surface area contributed by atoms with Crippen LogP contribution in [0.1, 0.15) is 10.4 Å². The maximum absolute atomic E-state index is 13.4. The number of nitro groups is 1. The summed E-state index contributed by atoms with van der Waals surface area (Å²) in [7, 11) is 0. The van der Waals surface area contributed by atoms with Crippen molar-refractivity contribution in [2.75, 3.05) is 6.61 Å². The smallest absolute Gasteiger partial charge is 0.269 e. The summed E-state index contributed by atoms with van der Waals surface area (Å²) >= 11 is 0. The van der Waals surface area contributed by atoms with Crippen LogP contribution in [0.2, 0.25) is 0 Å². The second kappa shape index (κ2) is 6.08. The van der Waals surface area contributed by atoms with Crippen molar-refractivity contribution in [2.24, 2.45) is 0 Å². The van der Waals surface area contributed by atoms with Gasteiger partial charge in [0.15, 0.2) is 6.61 Å². The number of carbonyl (C=O) groups excluding carboxylic acids is 1. The molecule has 0 fully saturated rings. The molecule has 0 amide bonds. The maximum atomic E-state index is 13.4. The lowest BCUT2D eigenvalue weighted by Crippen LogP contribution is -2.15. The summed E-state index contributed by atoms with van der Waals surface area (Å²) < 4.78 is 31.8. The number of hydrogen-bond acceptors (Lipinski definition) is 4. The van der Waals surface area contributed by atoms with E-state index < -0.39 is 34.5 Å². The van der Waals surface area contributed by atoms with Gasteiger partial charge in [0, 0.05) is 12.1 Å². The van der Waals surface area contributed by atoms with Crippen molar-refractivity contribution in [3.05, 3.63) is 69.8 Å². The van der Waals surface area contributed by atoms with Gasteiger partial charge in [-0.1, -0.05) is 6.07 Å². The predicted octanol–water partition coefficient (Wildman–Crippen LogP) is 3.13. The van der Waals surface area contributed by atoms with Gasteiger partial charge >= 0.3 is 0 Å². The largest absolute Gasteiger partial charge is 0.485 e. The highest BCUT2D eigenvalue weighted by Crippen LogP contribution is 2.18. The number of ketones is 1. The van der Waals surface area contributed by atoms with Crippen molar-refractivity contribution in [3.63, 3.8) is 0 Å². The highest BCUT2D eigenvalue weighted by Gasteiger charge is 2.17. The van der Waals surface area contributed by atoms with Crippen LogP contribution in [0, 0.1) is 21.7 Å². The third kappa shape index (κ3) is 3.38. The molecule has 108 valence electrons. The van der Waals surface area contributed by atoms with Crippen LogP contribution in [0.3, 0.4) is 0 Å². The van der Waals surface area contributed by atoms with Crippen molar-refractivity contribution in [1.29, 1.82) is 0 Å². The third-order valence-corrected chi connectivity index (χ3v) is 2.66. The molecule has 0 aliphatic heterocycles. The molecule has 2 aromatic carbocycles. The average molecular weight is 293 g/mol. The minimum Gasteiger partial charge on any atom is -0.485 e. The summed E-state index contributed by atoms with van der Waals surface area (Å²) in [6.45, 7) is -0.574. The fraction of sp³-hybridized carbons (Fsp3) is 0.0714. The van der Waals surface area contributed by atoms with Gasteiger partial charge in [0.2, 0.25) is 5.78 Å². The van der Waals surface area contributed by atoms with Crippen molar-refractivity contribution in [3.8, 4) is 5.75 Å². The molecule has 7 heteroatoms. The topological polar surface area (TPSA) is 69.4 Å². The molecule has 21 heavy (non-hydrogen) atoms. The van der Waals surface area contributed by atoms with Crippen molar-refractivity contribution >= 4 is 11.5 Å². The lowest BCUT2D eigenvalue weighted by molar-refractivity contribution is -0.384. The third-order valence-electron chi connectivity index (χ3n) is 2.66. The van der Waals surface area contributed by atoms with E-state index in [4.69, 9.17) is 4.74 Å². The number of non-ortho nitro benzene ring substituents is 1. The highest BCUT2D eigenvalue weighted by molar-refractivity contribution is 5.97. The van der Waals surface area contributed by atoms with E-state index >= 15 is 0 Å². The predicted molar refractivity (Wildman–Crippen MR) is 69.3 cm³/mol. The molecule has 2 aromatic rings. The number of ether oxygens (including phenoxy) is 1. The van der Waals surface area contributed by atoms with E-state index in [9.17, 15) is 23.7 Å². The molecule has 0 aliphatic rings. The van der Waals surface area contributed by atoms with Gasteiger partial charge in [0.1, 0.15) is 17.4 Å². The van der Waals surface area contributed by atoms with Gasteiger partial charge in [-0.05, 0) is 24.3 Å². The molecule has 0 heterocycles. The first-order valence-corrected chi connectivity index (χ1v) is 5.83. The molecule has 0 saturated heterocycles. The second-order valence-corrected chi connectivity index (χ2v) is 4.06. The summed E-state index contributed by atoms with van der Waals surface area (Å²) in [6.07, 6.45) is 0. The molecule has 0 spiro atoms. The van der Waals surface area contributed by atoms with Gasteiger partial charge in [-0.25, -0.2) is 8.78 Å². The van der Waals surface area contributed by atoms with Gasteiger partial charge in [-0.2, -0.15) is 0 Å². The van der Waals surface area contributed by atoms with E-state index in [1.165, 1.54) is 24.3 Å². The van der Waals surface area contributed by atoms with Gasteiger partial charge in [0.25, 0.3) is 5.69 Å². The molecule has 0 bridgehead atoms. The first-order valence-electron chi connectivity index (χ1n) is 5.83. The number of carbonyl (C=O) groups is 1. The first kappa shape index (κ1) is 14.6. The van der Waals surface area contributed by atoms with Crippen LogP contribution in [0.15, 0.2) is 42.5 Å². The average Bonchev–Trinajstić information content (AvgIpc) is 2.45. The van der Waals surface area contributed by atoms with Crippen molar-refractivity contribution in [1.82, 2.24) is 0 Å². The number of nitrogens with zero attached hydrogens (tertiary/aromatic N) is 1. The van der Waals surface area contributed by atoms with Crippen LogP contribution in [0.4, 0.5) is 14.5 Å². The minimum atomic E-state index is -0.965. The summed E-state index contributed by atoms with van der Waals surface area (Å²) in [5.41, 5.74) is -0.798. The second-order valence-electron chi connectivity index (χ2n) is 4.06. The molecule has 2 rings (SSSR count). The Hall–Kier alpha value is -2.83. The standard InChI is InChI=1S/C14H9F2NO4/c15-11-2-1-3-12(16)14(11)13(18)8-21-10-6-4-9(5-7-10)17(19)20/h1-7H,8H2. The molecular weight excluding hydrogens is 284 g/mol. The lowest BCUT2D eigenvalue weighted by atomic mass is 10.1. The zero-order valence-corrected chi connectivity index (χ0v) is 10.6.